The third-order valence-corrected chi connectivity index (χ3v) is 5.55. The minimum absolute atomic E-state index is 0.110. The summed E-state index contributed by atoms with van der Waals surface area (Å²) in [4.78, 5) is 15.4. The molecular weight excluding hydrogens is 266 g/mol. The molecule has 1 aromatic rings. The lowest BCUT2D eigenvalue weighted by Gasteiger charge is -2.19. The molecule has 0 spiro atoms. The van der Waals surface area contributed by atoms with Crippen molar-refractivity contribution in [3.05, 3.63) is 29.6 Å². The third-order valence-electron chi connectivity index (χ3n) is 3.36. The van der Waals surface area contributed by atoms with Crippen molar-refractivity contribution in [2.24, 2.45) is 0 Å². The number of carboxylic acid groups (broad SMARTS) is 1. The van der Waals surface area contributed by atoms with Gasteiger partial charge in [0.2, 0.25) is 0 Å². The van der Waals surface area contributed by atoms with Crippen LogP contribution in [-0.2, 0) is 25.8 Å². The molecule has 0 aromatic carbocycles. The van der Waals surface area contributed by atoms with Crippen molar-refractivity contribution < 1.29 is 18.3 Å². The number of hydrogen-bond acceptors (Lipinski definition) is 4. The van der Waals surface area contributed by atoms with Gasteiger partial charge in [-0.3, -0.25) is 9.78 Å². The molecule has 5 nitrogen and oxygen atoms in total. The van der Waals surface area contributed by atoms with E-state index in [-0.39, 0.29) is 11.0 Å². The third kappa shape index (κ3) is 2.94. The first-order valence-corrected chi connectivity index (χ1v) is 7.86. The Kier molecular flexibility index (Phi) is 3.38. The predicted octanol–water partition coefficient (Wildman–Crippen LogP) is 1.52. The van der Waals surface area contributed by atoms with Crippen LogP contribution in [0.1, 0.15) is 38.1 Å². The summed E-state index contributed by atoms with van der Waals surface area (Å²) in [5.74, 6) is -1.09. The second kappa shape index (κ2) is 4.59. The molecule has 0 unspecified atom stereocenters. The zero-order valence-corrected chi connectivity index (χ0v) is 11.8. The first-order valence-electron chi connectivity index (χ1n) is 6.15. The van der Waals surface area contributed by atoms with Crippen LogP contribution in [0.5, 0.6) is 0 Å². The van der Waals surface area contributed by atoms with Crippen LogP contribution in [0.25, 0.3) is 0 Å². The topological polar surface area (TPSA) is 84.3 Å². The number of aromatic nitrogens is 1. The molecule has 2 rings (SSSR count). The lowest BCUT2D eigenvalue weighted by Crippen LogP contribution is -2.30. The van der Waals surface area contributed by atoms with Crippen LogP contribution in [0.2, 0.25) is 0 Å². The minimum Gasteiger partial charge on any atom is -0.481 e. The van der Waals surface area contributed by atoms with Crippen molar-refractivity contribution in [3.8, 4) is 0 Å². The number of carbonyl (C=O) groups is 1. The predicted molar refractivity (Wildman–Crippen MR) is 70.5 cm³/mol. The monoisotopic (exact) mass is 283 g/mol. The summed E-state index contributed by atoms with van der Waals surface area (Å²) in [6, 6.07) is 4.90. The summed E-state index contributed by atoms with van der Waals surface area (Å²) in [7, 11) is -3.13. The smallest absolute Gasteiger partial charge is 0.315 e. The summed E-state index contributed by atoms with van der Waals surface area (Å²) in [5.41, 5.74) is -0.332. The maximum Gasteiger partial charge on any atom is 0.315 e. The summed E-state index contributed by atoms with van der Waals surface area (Å²) in [6.07, 6.45) is 1.45. The van der Waals surface area contributed by atoms with E-state index in [1.807, 2.05) is 0 Å². The molecule has 0 amide bonds. The zero-order chi connectivity index (χ0) is 14.3. The van der Waals surface area contributed by atoms with E-state index >= 15 is 0 Å². The van der Waals surface area contributed by atoms with Crippen LogP contribution in [0.4, 0.5) is 0 Å². The molecule has 1 saturated carbocycles. The van der Waals surface area contributed by atoms with E-state index in [4.69, 9.17) is 5.11 Å². The molecule has 1 aliphatic carbocycles. The van der Waals surface area contributed by atoms with Gasteiger partial charge in [0.25, 0.3) is 0 Å². The van der Waals surface area contributed by atoms with E-state index in [0.717, 1.165) is 12.8 Å². The fraction of sp³-hybridized carbons (Fsp3) is 0.538. The Morgan fingerprint density at radius 2 is 2.05 bits per heavy atom. The molecule has 0 saturated heterocycles. The van der Waals surface area contributed by atoms with Gasteiger partial charge in [-0.15, -0.1) is 0 Å². The highest BCUT2D eigenvalue weighted by Crippen LogP contribution is 2.31. The lowest BCUT2D eigenvalue weighted by molar-refractivity contribution is -0.142. The largest absolute Gasteiger partial charge is 0.481 e. The number of carboxylic acids is 1. The van der Waals surface area contributed by atoms with E-state index < -0.39 is 21.2 Å². The molecule has 1 aliphatic rings. The normalized spacial score (nSPS) is 16.3. The fourth-order valence-corrected chi connectivity index (χ4v) is 3.43. The van der Waals surface area contributed by atoms with E-state index in [9.17, 15) is 13.2 Å². The summed E-state index contributed by atoms with van der Waals surface area (Å²) in [6.45, 7) is 3.10. The molecule has 0 bridgehead atoms. The SMILES string of the molecule is CC(C)(C(=O)O)c1cccc(CS(=O)(=O)C2CC2)n1. The van der Waals surface area contributed by atoms with Gasteiger partial charge in [0, 0.05) is 0 Å². The first kappa shape index (κ1) is 14.0. The van der Waals surface area contributed by atoms with E-state index in [0.29, 0.717) is 11.4 Å². The van der Waals surface area contributed by atoms with E-state index in [1.165, 1.54) is 0 Å². The van der Waals surface area contributed by atoms with Gasteiger partial charge >= 0.3 is 5.97 Å². The Bertz CT molecular complexity index is 603. The highest BCUT2D eigenvalue weighted by atomic mass is 32.2. The number of hydrogen-bond donors (Lipinski definition) is 1. The molecular formula is C13H17NO4S. The fourth-order valence-electron chi connectivity index (χ4n) is 1.77. The van der Waals surface area contributed by atoms with Crippen molar-refractivity contribution >= 4 is 15.8 Å². The van der Waals surface area contributed by atoms with Gasteiger partial charge in [-0.05, 0) is 38.8 Å². The van der Waals surface area contributed by atoms with Crippen LogP contribution < -0.4 is 0 Å². The number of sulfone groups is 1. The zero-order valence-electron chi connectivity index (χ0n) is 11.0. The van der Waals surface area contributed by atoms with Crippen molar-refractivity contribution in [1.29, 1.82) is 0 Å². The highest BCUT2D eigenvalue weighted by Gasteiger charge is 2.36. The quantitative estimate of drug-likeness (QED) is 0.885. The van der Waals surface area contributed by atoms with Gasteiger partial charge in [0.05, 0.1) is 22.4 Å². The number of pyridine rings is 1. The lowest BCUT2D eigenvalue weighted by atomic mass is 9.89. The van der Waals surface area contributed by atoms with Crippen molar-refractivity contribution in [1.82, 2.24) is 4.98 Å². The summed E-state index contributed by atoms with van der Waals surface area (Å²) >= 11 is 0. The van der Waals surface area contributed by atoms with Gasteiger partial charge in [-0.25, -0.2) is 8.42 Å². The van der Waals surface area contributed by atoms with Crippen LogP contribution in [0, 0.1) is 0 Å². The molecule has 0 radical (unpaired) electrons. The van der Waals surface area contributed by atoms with Gasteiger partial charge in [0.15, 0.2) is 9.84 Å². The maximum absolute atomic E-state index is 11.9. The van der Waals surface area contributed by atoms with E-state index in [2.05, 4.69) is 4.98 Å². The summed E-state index contributed by atoms with van der Waals surface area (Å²) < 4.78 is 23.8. The van der Waals surface area contributed by atoms with Crippen molar-refractivity contribution in [3.63, 3.8) is 0 Å². The molecule has 1 fully saturated rings. The first-order chi connectivity index (χ1) is 8.73. The average molecular weight is 283 g/mol. The second-order valence-electron chi connectivity index (χ2n) is 5.45. The Labute approximate surface area is 112 Å². The molecule has 0 atom stereocenters. The molecule has 1 heterocycles. The Morgan fingerprint density at radius 3 is 2.58 bits per heavy atom. The van der Waals surface area contributed by atoms with Crippen molar-refractivity contribution in [2.45, 2.75) is 43.1 Å². The van der Waals surface area contributed by atoms with Crippen LogP contribution >= 0.6 is 0 Å². The van der Waals surface area contributed by atoms with Gasteiger partial charge in [0.1, 0.15) is 5.41 Å². The highest BCUT2D eigenvalue weighted by molar-refractivity contribution is 7.91. The number of nitrogens with zero attached hydrogens (tertiary/aromatic N) is 1. The number of aliphatic carboxylic acids is 1. The van der Waals surface area contributed by atoms with Crippen LogP contribution in [-0.4, -0.2) is 29.7 Å². The molecule has 6 heteroatoms. The maximum atomic E-state index is 11.9. The van der Waals surface area contributed by atoms with Crippen LogP contribution in [0.3, 0.4) is 0 Å². The van der Waals surface area contributed by atoms with Gasteiger partial charge in [-0.1, -0.05) is 6.07 Å². The Hall–Kier alpha value is -1.43. The Balaban J connectivity index is 2.27. The molecule has 19 heavy (non-hydrogen) atoms. The standard InChI is InChI=1S/C13H17NO4S/c1-13(2,12(15)16)11-5-3-4-9(14-11)8-19(17,18)10-6-7-10/h3-5,10H,6-8H2,1-2H3,(H,15,16). The summed E-state index contributed by atoms with van der Waals surface area (Å²) in [5, 5.41) is 8.93. The number of rotatable bonds is 5. The van der Waals surface area contributed by atoms with E-state index in [1.54, 1.807) is 32.0 Å². The van der Waals surface area contributed by atoms with Gasteiger partial charge in [-0.2, -0.15) is 0 Å². The Morgan fingerprint density at radius 1 is 1.42 bits per heavy atom. The van der Waals surface area contributed by atoms with Crippen LogP contribution in [0.15, 0.2) is 18.2 Å². The average Bonchev–Trinajstić information content (AvgIpc) is 3.12. The molecule has 1 aromatic heterocycles. The van der Waals surface area contributed by atoms with Crippen molar-refractivity contribution in [2.75, 3.05) is 0 Å². The molecule has 1 N–H and O–H groups in total. The van der Waals surface area contributed by atoms with Gasteiger partial charge < -0.3 is 5.11 Å². The molecule has 0 aliphatic heterocycles. The second-order valence-corrected chi connectivity index (χ2v) is 7.73. The minimum atomic E-state index is -3.13. The molecule has 104 valence electrons.